The third kappa shape index (κ3) is 3.83. The van der Waals surface area contributed by atoms with Crippen molar-refractivity contribution in [1.82, 2.24) is 15.0 Å². The zero-order valence-electron chi connectivity index (χ0n) is 18.9. The van der Waals surface area contributed by atoms with Gasteiger partial charge in [0, 0.05) is 14.1 Å². The molecule has 3 aromatic rings. The fourth-order valence-electron chi connectivity index (χ4n) is 4.70. The molecule has 0 unspecified atom stereocenters. The summed E-state index contributed by atoms with van der Waals surface area (Å²) in [7, 11) is 3.81. The van der Waals surface area contributed by atoms with Crippen LogP contribution in [0.15, 0.2) is 24.3 Å². The fraction of sp³-hybridized carbons (Fsp3) is 0.522. The number of ether oxygens (including phenoxy) is 2. The van der Waals surface area contributed by atoms with Gasteiger partial charge in [-0.05, 0) is 38.3 Å². The summed E-state index contributed by atoms with van der Waals surface area (Å²) in [6.07, 6.45) is 2.01. The molecule has 3 heterocycles. The Bertz CT molecular complexity index is 1120. The lowest BCUT2D eigenvalue weighted by molar-refractivity contribution is -0.157. The van der Waals surface area contributed by atoms with E-state index in [0.717, 1.165) is 33.6 Å². The van der Waals surface area contributed by atoms with E-state index in [-0.39, 0.29) is 18.2 Å². The van der Waals surface area contributed by atoms with Crippen LogP contribution in [0, 0.1) is 5.92 Å². The molecule has 1 saturated heterocycles. The van der Waals surface area contributed by atoms with Gasteiger partial charge in [0.2, 0.25) is 5.95 Å². The second kappa shape index (κ2) is 8.09. The molecule has 2 fully saturated rings. The number of benzene rings is 1. The molecule has 1 aromatic carbocycles. The third-order valence-electron chi connectivity index (χ3n) is 6.19. The molecule has 1 aliphatic heterocycles. The number of nitrogens with zero attached hydrogens (tertiary/aromatic N) is 4. The normalized spacial score (nSPS) is 26.4. The predicted octanol–water partition coefficient (Wildman–Crippen LogP) is 5.20. The molecule has 1 saturated carbocycles. The lowest BCUT2D eigenvalue weighted by Crippen LogP contribution is -2.35. The Kier molecular flexibility index (Phi) is 5.52. The Hall–Kier alpha value is -2.00. The van der Waals surface area contributed by atoms with Crippen molar-refractivity contribution in [1.29, 1.82) is 0 Å². The van der Waals surface area contributed by atoms with Crippen LogP contribution in [0.25, 0.3) is 20.8 Å². The molecule has 0 radical (unpaired) electrons. The molecule has 9 heteroatoms. The van der Waals surface area contributed by atoms with Crippen LogP contribution < -0.4 is 10.2 Å². The van der Waals surface area contributed by atoms with Crippen LogP contribution in [0.3, 0.4) is 0 Å². The highest BCUT2D eigenvalue weighted by Gasteiger charge is 2.53. The van der Waals surface area contributed by atoms with Crippen LogP contribution >= 0.6 is 22.9 Å². The van der Waals surface area contributed by atoms with E-state index in [2.05, 4.69) is 23.3 Å². The number of nitrogens with one attached hydrogen (secondary N) is 1. The maximum Gasteiger partial charge on any atom is 0.228 e. The van der Waals surface area contributed by atoms with Crippen molar-refractivity contribution in [2.45, 2.75) is 57.6 Å². The van der Waals surface area contributed by atoms with E-state index >= 15 is 0 Å². The summed E-state index contributed by atoms with van der Waals surface area (Å²) in [5.74, 6) is 1.07. The number of hydrogen-bond acceptors (Lipinski definition) is 8. The van der Waals surface area contributed by atoms with Crippen molar-refractivity contribution in [3.63, 3.8) is 0 Å². The second-order valence-corrected chi connectivity index (χ2v) is 10.5. The first-order chi connectivity index (χ1) is 15.3. The second-order valence-electron chi connectivity index (χ2n) is 9.14. The zero-order valence-corrected chi connectivity index (χ0v) is 20.5. The fourth-order valence-corrected chi connectivity index (χ4v) is 6.02. The Morgan fingerprint density at radius 3 is 2.62 bits per heavy atom. The van der Waals surface area contributed by atoms with E-state index in [1.54, 1.807) is 11.3 Å². The molecule has 2 aliphatic rings. The average Bonchev–Trinajstić information content (AvgIpc) is 3.38. The lowest BCUT2D eigenvalue weighted by Gasteiger charge is -2.25. The van der Waals surface area contributed by atoms with E-state index in [4.69, 9.17) is 31.0 Å². The SMILES string of the molecule is CC[C@H]1C[C@@H](Nc2nc(N(C)C)nc(Cl)c2-c2nc3ccccc3s2)[C@@H]2OC(C)(C)O[C@H]12. The molecule has 170 valence electrons. The van der Waals surface area contributed by atoms with Crippen molar-refractivity contribution < 1.29 is 9.47 Å². The van der Waals surface area contributed by atoms with E-state index in [9.17, 15) is 0 Å². The van der Waals surface area contributed by atoms with Crippen LogP contribution in [-0.2, 0) is 9.47 Å². The summed E-state index contributed by atoms with van der Waals surface area (Å²) >= 11 is 8.32. The molecule has 32 heavy (non-hydrogen) atoms. The highest BCUT2D eigenvalue weighted by atomic mass is 35.5. The lowest BCUT2D eigenvalue weighted by atomic mass is 10.0. The Morgan fingerprint density at radius 2 is 1.91 bits per heavy atom. The molecule has 7 nitrogen and oxygen atoms in total. The number of halogens is 1. The molecule has 1 aliphatic carbocycles. The van der Waals surface area contributed by atoms with Gasteiger partial charge in [-0.3, -0.25) is 0 Å². The summed E-state index contributed by atoms with van der Waals surface area (Å²) in [6.45, 7) is 6.16. The highest BCUT2D eigenvalue weighted by molar-refractivity contribution is 7.21. The first kappa shape index (κ1) is 21.8. The molecule has 5 rings (SSSR count). The van der Waals surface area contributed by atoms with Crippen LogP contribution in [-0.4, -0.2) is 53.1 Å². The first-order valence-corrected chi connectivity index (χ1v) is 12.2. The van der Waals surface area contributed by atoms with Gasteiger partial charge in [-0.2, -0.15) is 4.98 Å². The average molecular weight is 474 g/mol. The van der Waals surface area contributed by atoms with E-state index in [1.807, 2.05) is 51.0 Å². The zero-order chi connectivity index (χ0) is 22.6. The van der Waals surface area contributed by atoms with E-state index < -0.39 is 5.79 Å². The van der Waals surface area contributed by atoms with Crippen molar-refractivity contribution in [3.05, 3.63) is 29.4 Å². The number of anilines is 2. The maximum atomic E-state index is 6.73. The third-order valence-corrected chi connectivity index (χ3v) is 7.52. The summed E-state index contributed by atoms with van der Waals surface area (Å²) in [4.78, 5) is 16.0. The Balaban J connectivity index is 1.56. The van der Waals surface area contributed by atoms with Crippen molar-refractivity contribution >= 4 is 44.9 Å². The van der Waals surface area contributed by atoms with Gasteiger partial charge in [-0.1, -0.05) is 37.1 Å². The minimum atomic E-state index is -0.586. The number of para-hydroxylation sites is 1. The first-order valence-electron chi connectivity index (χ1n) is 11.0. The van der Waals surface area contributed by atoms with E-state index in [1.165, 1.54) is 0 Å². The molecular weight excluding hydrogens is 446 g/mol. The Labute approximate surface area is 197 Å². The largest absolute Gasteiger partial charge is 0.364 e. The highest BCUT2D eigenvalue weighted by Crippen LogP contribution is 2.45. The molecule has 2 aromatic heterocycles. The van der Waals surface area contributed by atoms with Gasteiger partial charge in [-0.25, -0.2) is 9.97 Å². The van der Waals surface area contributed by atoms with Crippen molar-refractivity contribution in [3.8, 4) is 10.6 Å². The van der Waals surface area contributed by atoms with Crippen LogP contribution in [0.5, 0.6) is 0 Å². The van der Waals surface area contributed by atoms with Crippen LogP contribution in [0.1, 0.15) is 33.6 Å². The Morgan fingerprint density at radius 1 is 1.16 bits per heavy atom. The number of aromatic nitrogens is 3. The van der Waals surface area contributed by atoms with Gasteiger partial charge in [0.15, 0.2) is 5.79 Å². The summed E-state index contributed by atoms with van der Waals surface area (Å²) in [5, 5.41) is 4.85. The molecule has 4 atom stereocenters. The quantitative estimate of drug-likeness (QED) is 0.510. The smallest absolute Gasteiger partial charge is 0.228 e. The van der Waals surface area contributed by atoms with Gasteiger partial charge >= 0.3 is 0 Å². The number of thiazole rings is 1. The minimum Gasteiger partial charge on any atom is -0.364 e. The summed E-state index contributed by atoms with van der Waals surface area (Å²) in [6, 6.07) is 8.12. The molecule has 0 bridgehead atoms. The molecular formula is C23H28ClN5O2S. The summed E-state index contributed by atoms with van der Waals surface area (Å²) in [5.41, 5.74) is 1.67. The number of fused-ring (bicyclic) bond motifs is 2. The van der Waals surface area contributed by atoms with Gasteiger partial charge in [-0.15, -0.1) is 11.3 Å². The summed E-state index contributed by atoms with van der Waals surface area (Å²) < 4.78 is 13.7. The molecule has 1 N–H and O–H groups in total. The van der Waals surface area contributed by atoms with Crippen molar-refractivity contribution in [2.24, 2.45) is 5.92 Å². The predicted molar refractivity (Wildman–Crippen MR) is 130 cm³/mol. The van der Waals surface area contributed by atoms with Crippen LogP contribution in [0.4, 0.5) is 11.8 Å². The van der Waals surface area contributed by atoms with Gasteiger partial charge in [0.1, 0.15) is 22.1 Å². The van der Waals surface area contributed by atoms with Crippen molar-refractivity contribution in [2.75, 3.05) is 24.3 Å². The minimum absolute atomic E-state index is 0.0466. The monoisotopic (exact) mass is 473 g/mol. The van der Waals surface area contributed by atoms with Gasteiger partial charge in [0.25, 0.3) is 0 Å². The molecule has 0 amide bonds. The number of hydrogen-bond donors (Lipinski definition) is 1. The maximum absolute atomic E-state index is 6.73. The van der Waals surface area contributed by atoms with Gasteiger partial charge in [0.05, 0.1) is 27.9 Å². The van der Waals surface area contributed by atoms with E-state index in [0.29, 0.717) is 22.8 Å². The van der Waals surface area contributed by atoms with Crippen LogP contribution in [0.2, 0.25) is 5.15 Å². The number of rotatable bonds is 5. The topological polar surface area (TPSA) is 72.4 Å². The standard InChI is InChI=1S/C23H28ClN5O2S/c1-6-12-11-14(18-17(12)30-23(2,3)31-18)25-20-16(19(24)27-22(28-20)29(4)5)21-26-13-9-7-8-10-15(13)32-21/h7-10,12,14,17-18H,6,11H2,1-5H3,(H,25,27,28)/t12-,14+,17+,18-/m0/s1. The van der Waals surface area contributed by atoms with Gasteiger partial charge < -0.3 is 19.7 Å². The molecule has 0 spiro atoms.